The summed E-state index contributed by atoms with van der Waals surface area (Å²) in [6.07, 6.45) is 3.18. The van der Waals surface area contributed by atoms with E-state index in [2.05, 4.69) is 10.0 Å². The van der Waals surface area contributed by atoms with E-state index in [9.17, 15) is 18.5 Å². The number of fused-ring (bicyclic) bond motifs is 1. The number of likely N-dealkylation sites (N-methyl/N-ethyl adjacent to an activating group) is 1. The predicted octanol–water partition coefficient (Wildman–Crippen LogP) is 1.25. The van der Waals surface area contributed by atoms with Crippen LogP contribution in [0.2, 0.25) is 0 Å². The van der Waals surface area contributed by atoms with Crippen LogP contribution in [0.5, 0.6) is 0 Å². The Kier molecular flexibility index (Phi) is 5.97. The quantitative estimate of drug-likeness (QED) is 0.453. The summed E-state index contributed by atoms with van der Waals surface area (Å²) in [6, 6.07) is 9.85. The van der Waals surface area contributed by atoms with Crippen molar-refractivity contribution in [1.29, 1.82) is 0 Å². The van der Waals surface area contributed by atoms with Gasteiger partial charge in [0.05, 0.1) is 37.0 Å². The number of quaternary nitrogens is 1. The first-order valence-corrected chi connectivity index (χ1v) is 10.7. The number of benzene rings is 2. The number of nitro benzene ring substituents is 1. The monoisotopic (exact) mass is 405 g/mol. The van der Waals surface area contributed by atoms with E-state index in [1.807, 2.05) is 32.3 Å². The van der Waals surface area contributed by atoms with Crippen molar-refractivity contribution >= 4 is 27.1 Å². The second-order valence-corrected chi connectivity index (χ2v) is 9.02. The van der Waals surface area contributed by atoms with E-state index in [1.54, 1.807) is 0 Å². The minimum atomic E-state index is -3.81. The lowest BCUT2D eigenvalue weighted by Gasteiger charge is -2.12. The Hall–Kier alpha value is -2.49. The minimum absolute atomic E-state index is 0.118. The SMILES string of the molecule is C[NH+](C)CCNS(=O)(=O)c1ccc(Nc2ccc3c(c2)CCC3)c([N+](=O)[O-])c1. The molecule has 0 unspecified atom stereocenters. The maximum absolute atomic E-state index is 12.4. The van der Waals surface area contributed by atoms with Gasteiger partial charge in [0.25, 0.3) is 5.69 Å². The zero-order valence-electron chi connectivity index (χ0n) is 16.0. The third-order valence-electron chi connectivity index (χ3n) is 4.77. The number of rotatable bonds is 8. The van der Waals surface area contributed by atoms with Crippen LogP contribution in [0.4, 0.5) is 17.1 Å². The summed E-state index contributed by atoms with van der Waals surface area (Å²) in [5.41, 5.74) is 3.30. The van der Waals surface area contributed by atoms with Crippen molar-refractivity contribution in [3.05, 3.63) is 57.6 Å². The molecule has 3 rings (SSSR count). The number of nitrogens with zero attached hydrogens (tertiary/aromatic N) is 1. The highest BCUT2D eigenvalue weighted by Gasteiger charge is 2.22. The fraction of sp³-hybridized carbons (Fsp3) is 0.368. The molecule has 0 heterocycles. The lowest BCUT2D eigenvalue weighted by Crippen LogP contribution is -3.06. The second kappa shape index (κ2) is 8.26. The van der Waals surface area contributed by atoms with Crippen molar-refractivity contribution in [3.8, 4) is 0 Å². The van der Waals surface area contributed by atoms with Gasteiger partial charge in [-0.2, -0.15) is 0 Å². The van der Waals surface area contributed by atoms with Crippen molar-refractivity contribution in [1.82, 2.24) is 4.72 Å². The van der Waals surface area contributed by atoms with Gasteiger partial charge in [0.2, 0.25) is 10.0 Å². The van der Waals surface area contributed by atoms with Gasteiger partial charge in [-0.3, -0.25) is 10.1 Å². The molecule has 28 heavy (non-hydrogen) atoms. The van der Waals surface area contributed by atoms with Crippen LogP contribution < -0.4 is 14.9 Å². The van der Waals surface area contributed by atoms with Crippen LogP contribution in [0.25, 0.3) is 0 Å². The summed E-state index contributed by atoms with van der Waals surface area (Å²) in [5.74, 6) is 0. The highest BCUT2D eigenvalue weighted by Crippen LogP contribution is 2.32. The molecule has 0 fully saturated rings. The standard InChI is InChI=1S/C19H24N4O4S/c1-22(2)11-10-20-28(26,27)17-8-9-18(19(13-17)23(24)25)21-16-7-6-14-4-3-5-15(14)12-16/h6-9,12-13,20-21H,3-5,10-11H2,1-2H3/p+1. The summed E-state index contributed by atoms with van der Waals surface area (Å²) in [5, 5.41) is 14.6. The molecule has 9 heteroatoms. The molecule has 0 aromatic heterocycles. The molecule has 0 atom stereocenters. The number of nitrogens with one attached hydrogen (secondary N) is 3. The molecule has 1 aliphatic rings. The minimum Gasteiger partial charge on any atom is -0.350 e. The maximum Gasteiger partial charge on any atom is 0.294 e. The molecule has 0 saturated carbocycles. The summed E-state index contributed by atoms with van der Waals surface area (Å²) < 4.78 is 27.3. The second-order valence-electron chi connectivity index (χ2n) is 7.25. The number of nitro groups is 1. The van der Waals surface area contributed by atoms with Crippen LogP contribution in [0.3, 0.4) is 0 Å². The summed E-state index contributed by atoms with van der Waals surface area (Å²) >= 11 is 0. The molecule has 1 aliphatic carbocycles. The van der Waals surface area contributed by atoms with Gasteiger partial charge in [-0.15, -0.1) is 0 Å². The van der Waals surface area contributed by atoms with Crippen LogP contribution in [-0.4, -0.2) is 40.5 Å². The Bertz CT molecular complexity index is 989. The zero-order chi connectivity index (χ0) is 20.3. The van der Waals surface area contributed by atoms with Gasteiger partial charge in [-0.05, 0) is 54.7 Å². The smallest absolute Gasteiger partial charge is 0.294 e. The number of sulfonamides is 1. The van der Waals surface area contributed by atoms with E-state index >= 15 is 0 Å². The van der Waals surface area contributed by atoms with Crippen LogP contribution >= 0.6 is 0 Å². The molecule has 0 radical (unpaired) electrons. The fourth-order valence-corrected chi connectivity index (χ4v) is 4.31. The van der Waals surface area contributed by atoms with Gasteiger partial charge < -0.3 is 10.2 Å². The molecule has 8 nitrogen and oxygen atoms in total. The molecular formula is C19H25N4O4S+. The first kappa shape index (κ1) is 20.2. The average molecular weight is 406 g/mol. The van der Waals surface area contributed by atoms with E-state index in [-0.39, 0.29) is 22.8 Å². The van der Waals surface area contributed by atoms with E-state index < -0.39 is 14.9 Å². The maximum atomic E-state index is 12.4. The topological polar surface area (TPSA) is 106 Å². The lowest BCUT2D eigenvalue weighted by molar-refractivity contribution is -0.856. The number of hydrogen-bond donors (Lipinski definition) is 3. The van der Waals surface area contributed by atoms with E-state index in [4.69, 9.17) is 0 Å². The van der Waals surface area contributed by atoms with E-state index in [0.29, 0.717) is 6.54 Å². The van der Waals surface area contributed by atoms with Gasteiger partial charge in [0.1, 0.15) is 5.69 Å². The highest BCUT2D eigenvalue weighted by atomic mass is 32.2. The third kappa shape index (κ3) is 4.67. The largest absolute Gasteiger partial charge is 0.350 e. The molecule has 0 bridgehead atoms. The molecule has 0 aliphatic heterocycles. The van der Waals surface area contributed by atoms with E-state index in [0.717, 1.165) is 35.9 Å². The number of aryl methyl sites for hydroxylation is 2. The van der Waals surface area contributed by atoms with Gasteiger partial charge in [0.15, 0.2) is 0 Å². The Morgan fingerprint density at radius 2 is 1.86 bits per heavy atom. The third-order valence-corrected chi connectivity index (χ3v) is 6.23. The summed E-state index contributed by atoms with van der Waals surface area (Å²) in [6.45, 7) is 0.868. The van der Waals surface area contributed by atoms with Gasteiger partial charge in [-0.25, -0.2) is 13.1 Å². The van der Waals surface area contributed by atoms with Crippen molar-refractivity contribution in [2.24, 2.45) is 0 Å². The molecule has 2 aromatic carbocycles. The molecule has 2 aromatic rings. The first-order chi connectivity index (χ1) is 13.3. The molecular weight excluding hydrogens is 380 g/mol. The van der Waals surface area contributed by atoms with Crippen LogP contribution in [0, 0.1) is 10.1 Å². The lowest BCUT2D eigenvalue weighted by atomic mass is 10.1. The predicted molar refractivity (Wildman–Crippen MR) is 108 cm³/mol. The first-order valence-electron chi connectivity index (χ1n) is 9.22. The number of hydrogen-bond acceptors (Lipinski definition) is 5. The molecule has 150 valence electrons. The van der Waals surface area contributed by atoms with Gasteiger partial charge in [0, 0.05) is 11.8 Å². The Morgan fingerprint density at radius 3 is 2.57 bits per heavy atom. The van der Waals surface area contributed by atoms with Crippen molar-refractivity contribution in [2.75, 3.05) is 32.5 Å². The van der Waals surface area contributed by atoms with Crippen LogP contribution in [0.15, 0.2) is 41.3 Å². The highest BCUT2D eigenvalue weighted by molar-refractivity contribution is 7.89. The summed E-state index contributed by atoms with van der Waals surface area (Å²) in [7, 11) is 0.0253. The Morgan fingerprint density at radius 1 is 1.11 bits per heavy atom. The number of anilines is 2. The van der Waals surface area contributed by atoms with Crippen molar-refractivity contribution in [3.63, 3.8) is 0 Å². The van der Waals surface area contributed by atoms with Gasteiger partial charge >= 0.3 is 0 Å². The van der Waals surface area contributed by atoms with Gasteiger partial charge in [-0.1, -0.05) is 6.07 Å². The van der Waals surface area contributed by atoms with Crippen LogP contribution in [0.1, 0.15) is 17.5 Å². The summed E-state index contributed by atoms with van der Waals surface area (Å²) in [4.78, 5) is 11.9. The normalized spacial score (nSPS) is 13.5. The molecule has 0 saturated heterocycles. The molecule has 0 amide bonds. The zero-order valence-corrected chi connectivity index (χ0v) is 16.8. The van der Waals surface area contributed by atoms with Crippen molar-refractivity contribution < 1.29 is 18.2 Å². The van der Waals surface area contributed by atoms with Crippen LogP contribution in [-0.2, 0) is 22.9 Å². The van der Waals surface area contributed by atoms with E-state index in [1.165, 1.54) is 23.3 Å². The Balaban J connectivity index is 1.84. The fourth-order valence-electron chi connectivity index (χ4n) is 3.26. The van der Waals surface area contributed by atoms with Crippen molar-refractivity contribution in [2.45, 2.75) is 24.2 Å². The molecule has 3 N–H and O–H groups in total. The molecule has 0 spiro atoms. The Labute approximate surface area is 164 Å². The average Bonchev–Trinajstić information content (AvgIpc) is 3.09.